The van der Waals surface area contributed by atoms with Crippen molar-refractivity contribution in [2.45, 2.75) is 12.5 Å². The zero-order valence-electron chi connectivity index (χ0n) is 16.4. The molecule has 1 N–H and O–H groups in total. The summed E-state index contributed by atoms with van der Waals surface area (Å²) in [7, 11) is 0. The van der Waals surface area contributed by atoms with Gasteiger partial charge in [0.15, 0.2) is 0 Å². The summed E-state index contributed by atoms with van der Waals surface area (Å²) in [5.41, 5.74) is 0.300. The van der Waals surface area contributed by atoms with E-state index < -0.39 is 4.92 Å². The zero-order chi connectivity index (χ0) is 20.2. The average Bonchev–Trinajstić information content (AvgIpc) is 3.19. The van der Waals surface area contributed by atoms with Gasteiger partial charge in [-0.05, 0) is 17.2 Å². The summed E-state index contributed by atoms with van der Waals surface area (Å²) in [6.45, 7) is 7.31. The number of nitrogens with one attached hydrogen (secondary N) is 1. The van der Waals surface area contributed by atoms with E-state index in [1.807, 2.05) is 18.2 Å². The summed E-state index contributed by atoms with van der Waals surface area (Å²) in [4.78, 5) is 28.5. The molecule has 0 radical (unpaired) electrons. The highest BCUT2D eigenvalue weighted by Crippen LogP contribution is 2.25. The van der Waals surface area contributed by atoms with Crippen LogP contribution in [0.2, 0.25) is 0 Å². The molecular weight excluding hydrogens is 372 g/mol. The van der Waals surface area contributed by atoms with E-state index >= 15 is 0 Å². The van der Waals surface area contributed by atoms with Gasteiger partial charge in [0.1, 0.15) is 0 Å². The first-order valence-electron chi connectivity index (χ1n) is 10.1. The van der Waals surface area contributed by atoms with Crippen molar-refractivity contribution >= 4 is 22.4 Å². The molecule has 1 atom stereocenters. The first-order valence-corrected chi connectivity index (χ1v) is 10.1. The predicted molar refractivity (Wildman–Crippen MR) is 110 cm³/mol. The molecule has 8 heteroatoms. The number of nitro benzene ring substituents is 1. The summed E-state index contributed by atoms with van der Waals surface area (Å²) in [6, 6.07) is 10.2. The molecule has 2 aliphatic rings. The molecule has 0 spiro atoms. The van der Waals surface area contributed by atoms with Gasteiger partial charge < -0.3 is 10.1 Å². The van der Waals surface area contributed by atoms with Crippen LogP contribution in [0.1, 0.15) is 16.8 Å². The Morgan fingerprint density at radius 3 is 2.69 bits per heavy atom. The smallest absolute Gasteiger partial charge is 0.270 e. The van der Waals surface area contributed by atoms with E-state index in [-0.39, 0.29) is 17.6 Å². The number of nitrogens with zero attached hydrogens (tertiary/aromatic N) is 3. The van der Waals surface area contributed by atoms with Crippen molar-refractivity contribution in [3.05, 3.63) is 52.1 Å². The van der Waals surface area contributed by atoms with E-state index in [1.54, 1.807) is 6.07 Å². The van der Waals surface area contributed by atoms with Gasteiger partial charge in [-0.25, -0.2) is 0 Å². The summed E-state index contributed by atoms with van der Waals surface area (Å²) in [5.74, 6) is -0.245. The van der Waals surface area contributed by atoms with Crippen molar-refractivity contribution in [1.82, 2.24) is 15.1 Å². The van der Waals surface area contributed by atoms with Crippen LogP contribution in [0.3, 0.4) is 0 Å². The average molecular weight is 398 g/mol. The Morgan fingerprint density at radius 2 is 1.90 bits per heavy atom. The molecule has 2 fully saturated rings. The fourth-order valence-corrected chi connectivity index (χ4v) is 4.11. The molecule has 0 bridgehead atoms. The third-order valence-corrected chi connectivity index (χ3v) is 5.75. The van der Waals surface area contributed by atoms with Crippen LogP contribution in [0.25, 0.3) is 10.8 Å². The lowest BCUT2D eigenvalue weighted by molar-refractivity contribution is -0.384. The van der Waals surface area contributed by atoms with Gasteiger partial charge in [0.05, 0.1) is 23.7 Å². The number of benzene rings is 2. The van der Waals surface area contributed by atoms with Gasteiger partial charge in [-0.1, -0.05) is 24.3 Å². The van der Waals surface area contributed by atoms with Crippen molar-refractivity contribution in [2.75, 3.05) is 52.5 Å². The number of fused-ring (bicyclic) bond motifs is 1. The largest absolute Gasteiger partial charge is 0.379 e. The predicted octanol–water partition coefficient (Wildman–Crippen LogP) is 1.88. The van der Waals surface area contributed by atoms with Crippen molar-refractivity contribution in [3.8, 4) is 0 Å². The second-order valence-corrected chi connectivity index (χ2v) is 7.69. The van der Waals surface area contributed by atoms with Crippen LogP contribution in [0.4, 0.5) is 5.69 Å². The van der Waals surface area contributed by atoms with Crippen molar-refractivity contribution in [3.63, 3.8) is 0 Å². The van der Waals surface area contributed by atoms with Crippen LogP contribution in [0.5, 0.6) is 0 Å². The minimum atomic E-state index is -0.452. The number of amides is 1. The lowest BCUT2D eigenvalue weighted by Gasteiger charge is -2.28. The molecule has 0 saturated carbocycles. The molecule has 8 nitrogen and oxygen atoms in total. The van der Waals surface area contributed by atoms with Crippen LogP contribution in [0, 0.1) is 10.1 Å². The van der Waals surface area contributed by atoms with Gasteiger partial charge in [0.2, 0.25) is 0 Å². The number of morpholine rings is 1. The summed E-state index contributed by atoms with van der Waals surface area (Å²) < 4.78 is 5.38. The topological polar surface area (TPSA) is 88.0 Å². The normalized spacial score (nSPS) is 20.8. The number of hydrogen-bond acceptors (Lipinski definition) is 6. The number of carbonyl (C=O) groups is 1. The Bertz CT molecular complexity index is 897. The highest BCUT2D eigenvalue weighted by molar-refractivity contribution is 6.08. The van der Waals surface area contributed by atoms with Crippen LogP contribution in [-0.2, 0) is 4.74 Å². The van der Waals surface area contributed by atoms with Crippen LogP contribution >= 0.6 is 0 Å². The molecule has 1 amide bonds. The zero-order valence-corrected chi connectivity index (χ0v) is 16.4. The van der Waals surface area contributed by atoms with Gasteiger partial charge in [0, 0.05) is 57.4 Å². The number of rotatable bonds is 6. The Balaban J connectivity index is 1.39. The molecule has 1 unspecified atom stereocenters. The fourth-order valence-electron chi connectivity index (χ4n) is 4.11. The highest BCUT2D eigenvalue weighted by atomic mass is 16.6. The first kappa shape index (κ1) is 19.8. The lowest BCUT2D eigenvalue weighted by atomic mass is 10.0. The quantitative estimate of drug-likeness (QED) is 0.591. The van der Waals surface area contributed by atoms with Gasteiger partial charge in [0.25, 0.3) is 11.6 Å². The molecule has 29 heavy (non-hydrogen) atoms. The van der Waals surface area contributed by atoms with E-state index in [0.717, 1.165) is 64.3 Å². The first-order chi connectivity index (χ1) is 14.1. The van der Waals surface area contributed by atoms with E-state index in [4.69, 9.17) is 4.74 Å². The molecule has 0 aliphatic carbocycles. The third kappa shape index (κ3) is 4.72. The number of non-ortho nitro benzene ring substituents is 1. The minimum Gasteiger partial charge on any atom is -0.379 e. The van der Waals surface area contributed by atoms with E-state index in [0.29, 0.717) is 10.9 Å². The fraction of sp³-hybridized carbons (Fsp3) is 0.476. The van der Waals surface area contributed by atoms with Crippen LogP contribution in [-0.4, -0.2) is 79.2 Å². The summed E-state index contributed by atoms with van der Waals surface area (Å²) in [5, 5.41) is 15.8. The van der Waals surface area contributed by atoms with Gasteiger partial charge in [-0.2, -0.15) is 0 Å². The van der Waals surface area contributed by atoms with Gasteiger partial charge >= 0.3 is 0 Å². The van der Waals surface area contributed by atoms with Gasteiger partial charge in [-0.3, -0.25) is 24.7 Å². The Labute approximate surface area is 169 Å². The molecule has 2 aromatic carbocycles. The minimum absolute atomic E-state index is 0.0604. The Morgan fingerprint density at radius 1 is 1.14 bits per heavy atom. The molecule has 4 rings (SSSR count). The Kier molecular flexibility index (Phi) is 6.03. The van der Waals surface area contributed by atoms with Gasteiger partial charge in [-0.15, -0.1) is 0 Å². The number of nitro groups is 1. The monoisotopic (exact) mass is 398 g/mol. The SMILES string of the molecule is O=C(NC1CCN(CCN2CCOCC2)C1)c1cc([N+](=O)[O-])cc2ccccc12. The second kappa shape index (κ2) is 8.86. The van der Waals surface area contributed by atoms with Crippen LogP contribution in [0.15, 0.2) is 36.4 Å². The Hall–Kier alpha value is -2.55. The molecule has 0 aromatic heterocycles. The number of ether oxygens (including phenoxy) is 1. The molecule has 2 aliphatic heterocycles. The molecule has 154 valence electrons. The molecule has 2 aromatic rings. The summed E-state index contributed by atoms with van der Waals surface area (Å²) in [6.07, 6.45) is 0.891. The maximum Gasteiger partial charge on any atom is 0.270 e. The number of hydrogen-bond donors (Lipinski definition) is 1. The molecule has 2 heterocycles. The molecule has 2 saturated heterocycles. The third-order valence-electron chi connectivity index (χ3n) is 5.75. The second-order valence-electron chi connectivity index (χ2n) is 7.69. The maximum absolute atomic E-state index is 12.9. The maximum atomic E-state index is 12.9. The van der Waals surface area contributed by atoms with Crippen molar-refractivity contribution in [2.24, 2.45) is 0 Å². The van der Waals surface area contributed by atoms with Crippen LogP contribution < -0.4 is 5.32 Å². The van der Waals surface area contributed by atoms with Crippen molar-refractivity contribution < 1.29 is 14.5 Å². The highest BCUT2D eigenvalue weighted by Gasteiger charge is 2.26. The van der Waals surface area contributed by atoms with Crippen molar-refractivity contribution in [1.29, 1.82) is 0 Å². The van der Waals surface area contributed by atoms with E-state index in [9.17, 15) is 14.9 Å². The standard InChI is InChI=1S/C21H26N4O4/c26-21(20-14-18(25(27)28)13-16-3-1-2-4-19(16)20)22-17-5-6-24(15-17)8-7-23-9-11-29-12-10-23/h1-4,13-14,17H,5-12,15H2,(H,22,26). The number of likely N-dealkylation sites (tertiary alicyclic amines) is 1. The number of carbonyl (C=O) groups excluding carboxylic acids is 1. The lowest BCUT2D eigenvalue weighted by Crippen LogP contribution is -2.42. The van der Waals surface area contributed by atoms with E-state index in [1.165, 1.54) is 12.1 Å². The summed E-state index contributed by atoms with van der Waals surface area (Å²) >= 11 is 0. The molecular formula is C21H26N4O4. The van der Waals surface area contributed by atoms with E-state index in [2.05, 4.69) is 15.1 Å².